The van der Waals surface area contributed by atoms with Crippen molar-refractivity contribution in [3.05, 3.63) is 47.3 Å². The third-order valence-corrected chi connectivity index (χ3v) is 4.20. The average Bonchev–Trinajstić information content (AvgIpc) is 2.45. The van der Waals surface area contributed by atoms with E-state index in [1.807, 2.05) is 25.2 Å². The van der Waals surface area contributed by atoms with Crippen LogP contribution in [0.5, 0.6) is 0 Å². The molecule has 5 heteroatoms. The van der Waals surface area contributed by atoms with Crippen LogP contribution >= 0.6 is 23.1 Å². The van der Waals surface area contributed by atoms with E-state index in [9.17, 15) is 0 Å². The number of halogens is 1. The summed E-state index contributed by atoms with van der Waals surface area (Å²) in [5, 5.41) is 3.92. The van der Waals surface area contributed by atoms with Gasteiger partial charge in [-0.05, 0) is 42.9 Å². The number of fused-ring (bicyclic) bond motifs is 2. The molecule has 0 radical (unpaired) electrons. The zero-order valence-electron chi connectivity index (χ0n) is 10.4. The van der Waals surface area contributed by atoms with Gasteiger partial charge >= 0.3 is 0 Å². The molecule has 1 aromatic carbocycles. The highest BCUT2D eigenvalue weighted by atomic mass is 35.5. The molecule has 0 spiro atoms. The zero-order chi connectivity index (χ0) is 13.2. The van der Waals surface area contributed by atoms with E-state index in [0.29, 0.717) is 0 Å². The maximum Gasteiger partial charge on any atom is 0.0811 e. The van der Waals surface area contributed by atoms with Crippen molar-refractivity contribution in [2.45, 2.75) is 6.54 Å². The monoisotopic (exact) mass is 289 g/mol. The molecule has 2 aliphatic rings. The summed E-state index contributed by atoms with van der Waals surface area (Å²) in [4.78, 5) is 5.75. The van der Waals surface area contributed by atoms with Crippen molar-refractivity contribution in [3.63, 3.8) is 0 Å². The van der Waals surface area contributed by atoms with E-state index in [1.165, 1.54) is 10.3 Å². The molecule has 1 aliphatic carbocycles. The minimum atomic E-state index is 0.762. The van der Waals surface area contributed by atoms with Crippen LogP contribution in [0.15, 0.2) is 40.9 Å². The van der Waals surface area contributed by atoms with Crippen LogP contribution in [0.3, 0.4) is 0 Å². The quantitative estimate of drug-likeness (QED) is 0.736. The molecule has 3 rings (SSSR count). The van der Waals surface area contributed by atoms with Crippen molar-refractivity contribution in [1.29, 1.82) is 0 Å². The molecule has 0 bridgehead atoms. The smallest absolute Gasteiger partial charge is 0.0811 e. The fraction of sp³-hybridized carbons (Fsp3) is 0.143. The number of rotatable bonds is 2. The van der Waals surface area contributed by atoms with Gasteiger partial charge in [-0.15, -0.1) is 11.3 Å². The van der Waals surface area contributed by atoms with Gasteiger partial charge in [0, 0.05) is 18.3 Å². The second kappa shape index (κ2) is 5.25. The van der Waals surface area contributed by atoms with Gasteiger partial charge in [0.15, 0.2) is 0 Å². The first-order valence-corrected chi connectivity index (χ1v) is 7.09. The van der Waals surface area contributed by atoms with E-state index in [4.69, 9.17) is 11.8 Å². The first-order valence-electron chi connectivity index (χ1n) is 5.93. The maximum absolute atomic E-state index is 5.51. The molecule has 96 valence electrons. The van der Waals surface area contributed by atoms with E-state index < -0.39 is 0 Å². The van der Waals surface area contributed by atoms with E-state index in [1.54, 1.807) is 11.3 Å². The molecule has 1 aromatic rings. The Hall–Kier alpha value is -1.49. The molecule has 0 aromatic heterocycles. The van der Waals surface area contributed by atoms with Crippen LogP contribution in [0.1, 0.15) is 5.56 Å². The summed E-state index contributed by atoms with van der Waals surface area (Å²) in [5.41, 5.74) is 3.25. The minimum Gasteiger partial charge on any atom is -0.316 e. The Labute approximate surface area is 120 Å². The fourth-order valence-electron chi connectivity index (χ4n) is 2.02. The lowest BCUT2D eigenvalue weighted by Gasteiger charge is -2.07. The van der Waals surface area contributed by atoms with Gasteiger partial charge in [0.25, 0.3) is 0 Å². The maximum atomic E-state index is 5.51. The number of nitrogens with one attached hydrogen (secondary N) is 1. The van der Waals surface area contributed by atoms with Crippen LogP contribution in [0.25, 0.3) is 20.8 Å². The summed E-state index contributed by atoms with van der Waals surface area (Å²) in [7, 11) is 1.94. The summed E-state index contributed by atoms with van der Waals surface area (Å²) in [6.07, 6.45) is 0. The van der Waals surface area contributed by atoms with Gasteiger partial charge in [-0.1, -0.05) is 6.07 Å². The van der Waals surface area contributed by atoms with Crippen LogP contribution in [0.4, 0.5) is 0 Å². The summed E-state index contributed by atoms with van der Waals surface area (Å²) >= 11 is 7.22. The summed E-state index contributed by atoms with van der Waals surface area (Å²) in [6.45, 7) is 0.859. The standard InChI is InChI=1S/C14H12ClN3S/c1-16-8-9-2-4-11-13(6-9)19-14-7-10(18-15)3-5-12(14)17-11/h2-7,16H,8H2,1H3. The number of aromatic nitrogens is 1. The van der Waals surface area contributed by atoms with E-state index in [-0.39, 0.29) is 0 Å². The highest BCUT2D eigenvalue weighted by molar-refractivity contribution is 7.21. The summed E-state index contributed by atoms with van der Waals surface area (Å²) in [6, 6.07) is 12.1. The van der Waals surface area contributed by atoms with Crippen molar-refractivity contribution in [3.8, 4) is 10.6 Å². The lowest BCUT2D eigenvalue weighted by atomic mass is 10.2. The first kappa shape index (κ1) is 12.5. The van der Waals surface area contributed by atoms with Gasteiger partial charge in [-0.25, -0.2) is 4.98 Å². The fourth-order valence-corrected chi connectivity index (χ4v) is 3.19. The van der Waals surface area contributed by atoms with Crippen LogP contribution in [-0.4, -0.2) is 12.0 Å². The Morgan fingerprint density at radius 3 is 2.95 bits per heavy atom. The normalized spacial score (nSPS) is 12.4. The minimum absolute atomic E-state index is 0.762. The lowest BCUT2D eigenvalue weighted by Crippen LogP contribution is -2.04. The molecule has 0 fully saturated rings. The molecule has 1 N–H and O–H groups in total. The molecular weight excluding hydrogens is 278 g/mol. The third-order valence-electron chi connectivity index (χ3n) is 2.91. The van der Waals surface area contributed by atoms with Gasteiger partial charge < -0.3 is 5.32 Å². The second-order valence-electron chi connectivity index (χ2n) is 4.28. The van der Waals surface area contributed by atoms with Crippen molar-refractivity contribution in [2.24, 2.45) is 4.51 Å². The average molecular weight is 290 g/mol. The summed E-state index contributed by atoms with van der Waals surface area (Å²) in [5.74, 6) is 0. The zero-order valence-corrected chi connectivity index (χ0v) is 11.9. The molecule has 0 amide bonds. The largest absolute Gasteiger partial charge is 0.316 e. The van der Waals surface area contributed by atoms with Gasteiger partial charge in [0.1, 0.15) is 0 Å². The van der Waals surface area contributed by atoms with Gasteiger partial charge in [0.05, 0.1) is 26.1 Å². The Morgan fingerprint density at radius 2 is 2.16 bits per heavy atom. The van der Waals surface area contributed by atoms with E-state index >= 15 is 0 Å². The van der Waals surface area contributed by atoms with Crippen molar-refractivity contribution < 1.29 is 0 Å². The second-order valence-corrected chi connectivity index (χ2v) is 5.54. The number of hydrogen-bond donors (Lipinski definition) is 1. The Balaban J connectivity index is 2.25. The Morgan fingerprint density at radius 1 is 1.26 bits per heavy atom. The molecule has 0 saturated carbocycles. The van der Waals surface area contributed by atoms with Crippen LogP contribution < -0.4 is 10.7 Å². The van der Waals surface area contributed by atoms with Crippen molar-refractivity contribution in [1.82, 2.24) is 10.3 Å². The molecule has 19 heavy (non-hydrogen) atoms. The Bertz CT molecular complexity index is 766. The highest BCUT2D eigenvalue weighted by Crippen LogP contribution is 2.29. The third kappa shape index (κ3) is 2.47. The van der Waals surface area contributed by atoms with E-state index in [2.05, 4.69) is 33.0 Å². The number of hydrogen-bond acceptors (Lipinski definition) is 4. The van der Waals surface area contributed by atoms with Crippen LogP contribution in [-0.2, 0) is 6.54 Å². The first-order chi connectivity index (χ1) is 9.30. The molecule has 1 heterocycles. The molecule has 0 atom stereocenters. The summed E-state index contributed by atoms with van der Waals surface area (Å²) < 4.78 is 4.86. The topological polar surface area (TPSA) is 37.3 Å². The van der Waals surface area contributed by atoms with Crippen LogP contribution in [0, 0.1) is 0 Å². The molecule has 1 aliphatic heterocycles. The molecule has 0 saturated heterocycles. The van der Waals surface area contributed by atoms with Crippen molar-refractivity contribution >= 4 is 33.3 Å². The highest BCUT2D eigenvalue weighted by Gasteiger charge is 2.07. The van der Waals surface area contributed by atoms with E-state index in [0.717, 1.165) is 28.0 Å². The van der Waals surface area contributed by atoms with Gasteiger partial charge in [-0.2, -0.15) is 4.51 Å². The molecule has 0 unspecified atom stereocenters. The lowest BCUT2D eigenvalue weighted by molar-refractivity contribution is 0.819. The molecular formula is C14H12ClN3S. The predicted octanol–water partition coefficient (Wildman–Crippen LogP) is 3.18. The Kier molecular flexibility index (Phi) is 3.46. The number of nitrogens with zero attached hydrogens (tertiary/aromatic N) is 2. The van der Waals surface area contributed by atoms with Gasteiger partial charge in [-0.3, -0.25) is 0 Å². The van der Waals surface area contributed by atoms with Crippen LogP contribution in [0.2, 0.25) is 0 Å². The van der Waals surface area contributed by atoms with Crippen molar-refractivity contribution in [2.75, 3.05) is 7.05 Å². The SMILES string of the molecule is CNCc1ccc2nc3ccc(=NCl)cc-3sc2c1. The molecule has 3 nitrogen and oxygen atoms in total. The number of benzene rings is 2. The van der Waals surface area contributed by atoms with Gasteiger partial charge in [0.2, 0.25) is 0 Å². The predicted molar refractivity (Wildman–Crippen MR) is 80.4 cm³/mol.